The zero-order valence-corrected chi connectivity index (χ0v) is 19.9. The third-order valence-corrected chi connectivity index (χ3v) is 7.93. The second-order valence-electron chi connectivity index (χ2n) is 8.35. The van der Waals surface area contributed by atoms with Crippen molar-refractivity contribution >= 4 is 26.9 Å². The average Bonchev–Trinajstić information content (AvgIpc) is 3.13. The highest BCUT2D eigenvalue weighted by molar-refractivity contribution is 7.89. The second kappa shape index (κ2) is 9.52. The quantitative estimate of drug-likeness (QED) is 0.412. The largest absolute Gasteiger partial charge is 0.354 e. The number of nitrogens with zero attached hydrogens (tertiary/aromatic N) is 5. The van der Waals surface area contributed by atoms with Gasteiger partial charge in [-0.3, -0.25) is 0 Å². The van der Waals surface area contributed by atoms with E-state index in [9.17, 15) is 8.42 Å². The van der Waals surface area contributed by atoms with Crippen LogP contribution in [0.3, 0.4) is 0 Å². The molecule has 0 amide bonds. The van der Waals surface area contributed by atoms with Crippen LogP contribution in [0.5, 0.6) is 0 Å². The number of aryl methyl sites for hydroxylation is 1. The van der Waals surface area contributed by atoms with Gasteiger partial charge in [0.15, 0.2) is 0 Å². The molecule has 0 N–H and O–H groups in total. The molecule has 34 heavy (non-hydrogen) atoms. The van der Waals surface area contributed by atoms with Crippen LogP contribution in [0.25, 0.3) is 22.4 Å². The van der Waals surface area contributed by atoms with Crippen LogP contribution in [0.2, 0.25) is 0 Å². The first-order valence-corrected chi connectivity index (χ1v) is 13.0. The van der Waals surface area contributed by atoms with Gasteiger partial charge in [0.25, 0.3) is 5.71 Å². The van der Waals surface area contributed by atoms with Crippen molar-refractivity contribution in [3.05, 3.63) is 66.5 Å². The van der Waals surface area contributed by atoms with Gasteiger partial charge in [-0.15, -0.1) is 0 Å². The van der Waals surface area contributed by atoms with Crippen LogP contribution in [0.15, 0.2) is 70.1 Å². The molecule has 3 heterocycles. The van der Waals surface area contributed by atoms with E-state index in [1.54, 1.807) is 28.6 Å². The summed E-state index contributed by atoms with van der Waals surface area (Å²) in [5, 5.41) is 5.10. The van der Waals surface area contributed by atoms with Crippen LogP contribution in [0.4, 0.5) is 5.82 Å². The lowest BCUT2D eigenvalue weighted by Gasteiger charge is -2.23. The number of benzene rings is 2. The van der Waals surface area contributed by atoms with Gasteiger partial charge < -0.3 is 9.42 Å². The normalized spacial score (nSPS) is 15.5. The summed E-state index contributed by atoms with van der Waals surface area (Å²) in [6.45, 7) is 4.11. The summed E-state index contributed by atoms with van der Waals surface area (Å²) in [5.74, 6) is 1.46. The zero-order valence-electron chi connectivity index (χ0n) is 19.1. The molecule has 1 aliphatic rings. The Balaban J connectivity index is 1.51. The molecule has 4 aromatic rings. The Morgan fingerprint density at radius 1 is 0.912 bits per heavy atom. The average molecular weight is 478 g/mol. The highest BCUT2D eigenvalue weighted by Crippen LogP contribution is 2.34. The molecular formula is C25H27N5O3S. The van der Waals surface area contributed by atoms with E-state index in [1.165, 1.54) is 0 Å². The molecule has 1 aliphatic heterocycles. The highest BCUT2D eigenvalue weighted by Gasteiger charge is 2.29. The summed E-state index contributed by atoms with van der Waals surface area (Å²) in [7, 11) is -3.55. The second-order valence-corrected chi connectivity index (χ2v) is 10.3. The maximum Gasteiger partial charge on any atom is 0.263 e. The van der Waals surface area contributed by atoms with Crippen LogP contribution >= 0.6 is 0 Å². The molecule has 0 aliphatic carbocycles. The number of hydrogen-bond donors (Lipinski definition) is 0. The van der Waals surface area contributed by atoms with Gasteiger partial charge in [0.2, 0.25) is 10.0 Å². The van der Waals surface area contributed by atoms with E-state index < -0.39 is 10.0 Å². The van der Waals surface area contributed by atoms with Crippen molar-refractivity contribution in [1.82, 2.24) is 19.4 Å². The van der Waals surface area contributed by atoms with Crippen LogP contribution in [0, 0.1) is 0 Å². The van der Waals surface area contributed by atoms with Crippen LogP contribution in [-0.4, -0.2) is 54.0 Å². The third kappa shape index (κ3) is 4.28. The van der Waals surface area contributed by atoms with E-state index in [0.717, 1.165) is 29.6 Å². The van der Waals surface area contributed by atoms with E-state index in [2.05, 4.69) is 22.0 Å². The lowest BCUT2D eigenvalue weighted by molar-refractivity contribution is 0.433. The number of fused-ring (bicyclic) bond motifs is 1. The molecule has 0 saturated carbocycles. The Morgan fingerprint density at radius 3 is 2.38 bits per heavy atom. The Kier molecular flexibility index (Phi) is 6.30. The fraction of sp³-hybridized carbons (Fsp3) is 0.320. The summed E-state index contributed by atoms with van der Waals surface area (Å²) in [4.78, 5) is 12.0. The van der Waals surface area contributed by atoms with Crippen LogP contribution < -0.4 is 4.90 Å². The molecule has 2 aromatic heterocycles. The highest BCUT2D eigenvalue weighted by atomic mass is 32.2. The number of anilines is 1. The first-order valence-electron chi connectivity index (χ1n) is 11.6. The van der Waals surface area contributed by atoms with Crippen molar-refractivity contribution in [1.29, 1.82) is 0 Å². The lowest BCUT2D eigenvalue weighted by Crippen LogP contribution is -2.35. The molecule has 5 rings (SSSR count). The number of aromatic nitrogens is 3. The van der Waals surface area contributed by atoms with E-state index in [1.807, 2.05) is 36.4 Å². The predicted molar refractivity (Wildman–Crippen MR) is 131 cm³/mol. The molecule has 0 atom stereocenters. The number of rotatable bonds is 6. The minimum Gasteiger partial charge on any atom is -0.354 e. The fourth-order valence-corrected chi connectivity index (χ4v) is 5.82. The molecule has 0 radical (unpaired) electrons. The summed E-state index contributed by atoms with van der Waals surface area (Å²) >= 11 is 0. The molecule has 1 saturated heterocycles. The predicted octanol–water partition coefficient (Wildman–Crippen LogP) is 4.14. The minimum absolute atomic E-state index is 0.323. The van der Waals surface area contributed by atoms with E-state index in [-0.39, 0.29) is 0 Å². The Hall–Kier alpha value is -3.30. The fourth-order valence-electron chi connectivity index (χ4n) is 4.32. The molecule has 0 spiro atoms. The van der Waals surface area contributed by atoms with E-state index >= 15 is 0 Å². The molecular weight excluding hydrogens is 450 g/mol. The Labute approximate surface area is 199 Å². The lowest BCUT2D eigenvalue weighted by atomic mass is 10.1. The maximum absolute atomic E-state index is 13.2. The molecule has 2 aromatic carbocycles. The summed E-state index contributed by atoms with van der Waals surface area (Å²) in [6, 6.07) is 18.5. The topological polar surface area (TPSA) is 92.4 Å². The van der Waals surface area contributed by atoms with Crippen LogP contribution in [0.1, 0.15) is 25.6 Å². The van der Waals surface area contributed by atoms with Gasteiger partial charge in [0, 0.05) is 38.2 Å². The molecule has 9 heteroatoms. The summed E-state index contributed by atoms with van der Waals surface area (Å²) < 4.78 is 33.6. The van der Waals surface area contributed by atoms with Crippen molar-refractivity contribution in [2.45, 2.75) is 31.1 Å². The van der Waals surface area contributed by atoms with Gasteiger partial charge in [-0.1, -0.05) is 60.6 Å². The smallest absolute Gasteiger partial charge is 0.263 e. The summed E-state index contributed by atoms with van der Waals surface area (Å²) in [5.41, 5.74) is 2.09. The molecule has 0 unspecified atom stereocenters. The maximum atomic E-state index is 13.2. The minimum atomic E-state index is -3.55. The Morgan fingerprint density at radius 2 is 1.65 bits per heavy atom. The van der Waals surface area contributed by atoms with Gasteiger partial charge in [-0.25, -0.2) is 13.4 Å². The van der Waals surface area contributed by atoms with Crippen molar-refractivity contribution in [2.75, 3.05) is 31.1 Å². The van der Waals surface area contributed by atoms with E-state index in [0.29, 0.717) is 54.7 Å². The van der Waals surface area contributed by atoms with Crippen molar-refractivity contribution in [2.24, 2.45) is 0 Å². The monoisotopic (exact) mass is 477 g/mol. The number of sulfonamides is 1. The van der Waals surface area contributed by atoms with Crippen molar-refractivity contribution in [3.8, 4) is 11.3 Å². The standard InChI is InChI=1S/C25H27N5O3S/c1-2-10-21-26-24(22-23(28-33-25(22)27-21)19-11-5-3-6-12-19)29-15-9-16-30(18-17-29)34(31,32)20-13-7-4-8-14-20/h3-8,11-14H,2,9-10,15-18H2,1H3. The van der Waals surface area contributed by atoms with Gasteiger partial charge in [0.05, 0.1) is 4.90 Å². The number of hydrogen-bond acceptors (Lipinski definition) is 7. The zero-order chi connectivity index (χ0) is 23.5. The van der Waals surface area contributed by atoms with Crippen LogP contribution in [-0.2, 0) is 16.4 Å². The van der Waals surface area contributed by atoms with Gasteiger partial charge >= 0.3 is 0 Å². The van der Waals surface area contributed by atoms with Gasteiger partial charge in [-0.05, 0) is 25.0 Å². The van der Waals surface area contributed by atoms with Crippen molar-refractivity contribution < 1.29 is 12.9 Å². The van der Waals surface area contributed by atoms with E-state index in [4.69, 9.17) is 9.51 Å². The molecule has 8 nitrogen and oxygen atoms in total. The summed E-state index contributed by atoms with van der Waals surface area (Å²) in [6.07, 6.45) is 2.33. The van der Waals surface area contributed by atoms with Gasteiger partial charge in [-0.2, -0.15) is 9.29 Å². The third-order valence-electron chi connectivity index (χ3n) is 6.02. The first-order chi connectivity index (χ1) is 16.6. The van der Waals surface area contributed by atoms with Crippen molar-refractivity contribution in [3.63, 3.8) is 0 Å². The Bertz CT molecular complexity index is 1370. The SMILES string of the molecule is CCCc1nc(N2CCCN(S(=O)(=O)c3ccccc3)CC2)c2c(-c3ccccc3)noc2n1. The first kappa shape index (κ1) is 22.5. The molecule has 0 bridgehead atoms. The molecule has 176 valence electrons. The van der Waals surface area contributed by atoms with Gasteiger partial charge in [0.1, 0.15) is 22.7 Å². The molecule has 1 fully saturated rings.